The lowest BCUT2D eigenvalue weighted by atomic mass is 9.87. The quantitative estimate of drug-likeness (QED) is 0.707. The van der Waals surface area contributed by atoms with Gasteiger partial charge in [-0.3, -0.25) is 4.18 Å². The van der Waals surface area contributed by atoms with E-state index in [1.165, 1.54) is 32.1 Å². The number of hydrogen-bond donors (Lipinski definition) is 0. The van der Waals surface area contributed by atoms with Gasteiger partial charge < -0.3 is 4.90 Å². The summed E-state index contributed by atoms with van der Waals surface area (Å²) in [4.78, 5) is 2.25. The minimum Gasteiger partial charge on any atom is -0.377 e. The molecule has 0 saturated heterocycles. The van der Waals surface area contributed by atoms with E-state index in [4.69, 9.17) is 4.18 Å². The van der Waals surface area contributed by atoms with Crippen LogP contribution in [0.4, 0.5) is 5.69 Å². The molecule has 0 aliphatic heterocycles. The van der Waals surface area contributed by atoms with Gasteiger partial charge in [0.15, 0.2) is 0 Å². The van der Waals surface area contributed by atoms with Crippen molar-refractivity contribution >= 4 is 26.6 Å². The zero-order chi connectivity index (χ0) is 17.9. The molecule has 3 rings (SSSR count). The van der Waals surface area contributed by atoms with Gasteiger partial charge in [-0.2, -0.15) is 8.42 Å². The lowest BCUT2D eigenvalue weighted by molar-refractivity contribution is 0.250. The van der Waals surface area contributed by atoms with Crippen molar-refractivity contribution < 1.29 is 12.6 Å². The Balaban J connectivity index is 1.81. The second-order valence-corrected chi connectivity index (χ2v) is 8.68. The summed E-state index contributed by atoms with van der Waals surface area (Å²) in [6.07, 6.45) is 7.04. The number of benzene rings is 2. The third kappa shape index (κ3) is 4.15. The smallest absolute Gasteiger partial charge is 0.297 e. The first-order valence-electron chi connectivity index (χ1n) is 9.07. The SMILES string of the molecule is CN(C)c1cccc2c(S(=O)(=O)OCCC3CCCCC3)cccc12. The largest absolute Gasteiger partial charge is 0.377 e. The number of nitrogens with zero attached hydrogens (tertiary/aromatic N) is 1. The van der Waals surface area contributed by atoms with Crippen molar-refractivity contribution in [2.24, 2.45) is 5.92 Å². The molecule has 2 aromatic rings. The topological polar surface area (TPSA) is 46.6 Å². The fourth-order valence-corrected chi connectivity index (χ4v) is 4.87. The van der Waals surface area contributed by atoms with E-state index in [-0.39, 0.29) is 11.5 Å². The van der Waals surface area contributed by atoms with Crippen LogP contribution in [0.5, 0.6) is 0 Å². The Bertz CT molecular complexity index is 824. The van der Waals surface area contributed by atoms with Crippen molar-refractivity contribution in [1.29, 1.82) is 0 Å². The third-order valence-corrected chi connectivity index (χ3v) is 6.47. The molecule has 0 heterocycles. The van der Waals surface area contributed by atoms with Crippen LogP contribution in [-0.4, -0.2) is 29.1 Å². The normalized spacial score (nSPS) is 16.2. The average Bonchev–Trinajstić information content (AvgIpc) is 2.61. The zero-order valence-corrected chi connectivity index (χ0v) is 15.9. The molecule has 0 spiro atoms. The molecule has 0 radical (unpaired) electrons. The Kier molecular flexibility index (Phi) is 5.64. The molecule has 0 atom stereocenters. The van der Waals surface area contributed by atoms with E-state index in [0.29, 0.717) is 11.3 Å². The maximum atomic E-state index is 12.7. The summed E-state index contributed by atoms with van der Waals surface area (Å²) in [5.41, 5.74) is 0.997. The zero-order valence-electron chi connectivity index (χ0n) is 15.1. The summed E-state index contributed by atoms with van der Waals surface area (Å²) >= 11 is 0. The second kappa shape index (κ2) is 7.75. The standard InChI is InChI=1S/C20H27NO3S/c1-21(2)19-12-6-11-18-17(19)10-7-13-20(18)25(22,23)24-15-14-16-8-4-3-5-9-16/h6-7,10-13,16H,3-5,8-9,14-15H2,1-2H3. The van der Waals surface area contributed by atoms with Crippen LogP contribution in [0.15, 0.2) is 41.3 Å². The summed E-state index contributed by atoms with van der Waals surface area (Å²) in [6, 6.07) is 11.1. The van der Waals surface area contributed by atoms with Gasteiger partial charge in [0, 0.05) is 30.6 Å². The van der Waals surface area contributed by atoms with Crippen LogP contribution in [0.25, 0.3) is 10.8 Å². The van der Waals surface area contributed by atoms with Gasteiger partial charge in [-0.25, -0.2) is 0 Å². The van der Waals surface area contributed by atoms with Gasteiger partial charge in [0.05, 0.1) is 6.61 Å². The predicted octanol–water partition coefficient (Wildman–Crippen LogP) is 4.58. The Morgan fingerprint density at radius 2 is 1.68 bits per heavy atom. The monoisotopic (exact) mass is 361 g/mol. The van der Waals surface area contributed by atoms with Crippen molar-refractivity contribution in [3.05, 3.63) is 36.4 Å². The molecule has 0 amide bonds. The lowest BCUT2D eigenvalue weighted by Crippen LogP contribution is -2.14. The van der Waals surface area contributed by atoms with Gasteiger partial charge in [-0.1, -0.05) is 56.4 Å². The number of fused-ring (bicyclic) bond motifs is 1. The second-order valence-electron chi connectivity index (χ2n) is 7.09. The lowest BCUT2D eigenvalue weighted by Gasteiger charge is -2.21. The van der Waals surface area contributed by atoms with E-state index in [0.717, 1.165) is 17.5 Å². The maximum absolute atomic E-state index is 12.7. The number of rotatable bonds is 6. The van der Waals surface area contributed by atoms with Gasteiger partial charge in [-0.15, -0.1) is 0 Å². The van der Waals surface area contributed by atoms with Crippen molar-refractivity contribution in [3.8, 4) is 0 Å². The molecular formula is C20H27NO3S. The predicted molar refractivity (Wildman–Crippen MR) is 103 cm³/mol. The van der Waals surface area contributed by atoms with E-state index in [1.54, 1.807) is 12.1 Å². The Hall–Kier alpha value is -1.59. The summed E-state index contributed by atoms with van der Waals surface area (Å²) in [7, 11) is 0.161. The summed E-state index contributed by atoms with van der Waals surface area (Å²) in [5, 5.41) is 1.64. The van der Waals surface area contributed by atoms with Gasteiger partial charge in [-0.05, 0) is 24.5 Å². The van der Waals surface area contributed by atoms with Crippen molar-refractivity contribution in [3.63, 3.8) is 0 Å². The van der Waals surface area contributed by atoms with Crippen molar-refractivity contribution in [2.45, 2.75) is 43.4 Å². The van der Waals surface area contributed by atoms with Crippen LogP contribution in [-0.2, 0) is 14.3 Å². The molecule has 1 aliphatic carbocycles. The fraction of sp³-hybridized carbons (Fsp3) is 0.500. The Labute approximate surface area is 150 Å². The highest BCUT2D eigenvalue weighted by molar-refractivity contribution is 7.87. The molecule has 1 saturated carbocycles. The van der Waals surface area contributed by atoms with Crippen LogP contribution in [0.1, 0.15) is 38.5 Å². The van der Waals surface area contributed by atoms with Gasteiger partial charge in [0.2, 0.25) is 0 Å². The maximum Gasteiger partial charge on any atom is 0.297 e. The molecule has 0 bridgehead atoms. The molecule has 136 valence electrons. The molecule has 1 aliphatic rings. The van der Waals surface area contributed by atoms with E-state index >= 15 is 0 Å². The van der Waals surface area contributed by atoms with Gasteiger partial charge >= 0.3 is 0 Å². The molecule has 0 aromatic heterocycles. The Morgan fingerprint density at radius 1 is 1.00 bits per heavy atom. The molecule has 2 aromatic carbocycles. The summed E-state index contributed by atoms with van der Waals surface area (Å²) < 4.78 is 30.9. The third-order valence-electron chi connectivity index (χ3n) is 5.10. The number of anilines is 1. The van der Waals surface area contributed by atoms with Crippen molar-refractivity contribution in [1.82, 2.24) is 0 Å². The van der Waals surface area contributed by atoms with Gasteiger partial charge in [0.1, 0.15) is 4.90 Å². The average molecular weight is 362 g/mol. The first-order valence-corrected chi connectivity index (χ1v) is 10.5. The van der Waals surface area contributed by atoms with Crippen LogP contribution in [0.2, 0.25) is 0 Å². The van der Waals surface area contributed by atoms with Crippen LogP contribution >= 0.6 is 0 Å². The fourth-order valence-electron chi connectivity index (χ4n) is 3.74. The first-order chi connectivity index (χ1) is 12.0. The Morgan fingerprint density at radius 3 is 2.40 bits per heavy atom. The van der Waals surface area contributed by atoms with E-state index < -0.39 is 10.1 Å². The van der Waals surface area contributed by atoms with Crippen molar-refractivity contribution in [2.75, 3.05) is 25.6 Å². The van der Waals surface area contributed by atoms with Crippen LogP contribution < -0.4 is 4.90 Å². The minimum absolute atomic E-state index is 0.261. The molecule has 5 heteroatoms. The highest BCUT2D eigenvalue weighted by Gasteiger charge is 2.21. The molecule has 4 nitrogen and oxygen atoms in total. The van der Waals surface area contributed by atoms with E-state index in [2.05, 4.69) is 0 Å². The highest BCUT2D eigenvalue weighted by atomic mass is 32.2. The van der Waals surface area contributed by atoms with Gasteiger partial charge in [0.25, 0.3) is 10.1 Å². The molecule has 25 heavy (non-hydrogen) atoms. The molecule has 0 unspecified atom stereocenters. The first kappa shape index (κ1) is 18.2. The summed E-state index contributed by atoms with van der Waals surface area (Å²) in [6.45, 7) is 0.275. The van der Waals surface area contributed by atoms with Crippen LogP contribution in [0.3, 0.4) is 0 Å². The molecular weight excluding hydrogens is 334 g/mol. The highest BCUT2D eigenvalue weighted by Crippen LogP contribution is 2.31. The molecule has 0 N–H and O–H groups in total. The van der Waals surface area contributed by atoms with Crippen LogP contribution in [0, 0.1) is 5.92 Å². The minimum atomic E-state index is -3.75. The molecule has 1 fully saturated rings. The van der Waals surface area contributed by atoms with E-state index in [1.807, 2.05) is 43.3 Å². The summed E-state index contributed by atoms with van der Waals surface area (Å²) in [5.74, 6) is 0.608. The van der Waals surface area contributed by atoms with E-state index in [9.17, 15) is 8.42 Å². The number of hydrogen-bond acceptors (Lipinski definition) is 4.